The zero-order valence-electron chi connectivity index (χ0n) is 10.3. The molecule has 4 nitrogen and oxygen atoms in total. The Labute approximate surface area is 106 Å². The van der Waals surface area contributed by atoms with Crippen molar-refractivity contribution in [3.63, 3.8) is 0 Å². The fourth-order valence-corrected chi connectivity index (χ4v) is 1.58. The average molecular weight is 244 g/mol. The lowest BCUT2D eigenvalue weighted by atomic mass is 10.1. The normalized spacial score (nSPS) is 10.3. The smallest absolute Gasteiger partial charge is 0.344 e. The minimum absolute atomic E-state index is 0.335. The van der Waals surface area contributed by atoms with Crippen LogP contribution in [0, 0.1) is 0 Å². The van der Waals surface area contributed by atoms with Gasteiger partial charge in [0.05, 0.1) is 6.61 Å². The second kappa shape index (κ2) is 6.00. The van der Waals surface area contributed by atoms with Crippen molar-refractivity contribution in [1.82, 2.24) is 9.97 Å². The number of benzene rings is 1. The van der Waals surface area contributed by atoms with Gasteiger partial charge >= 0.3 is 5.69 Å². The summed E-state index contributed by atoms with van der Waals surface area (Å²) in [4.78, 5) is 17.1. The van der Waals surface area contributed by atoms with Gasteiger partial charge in [0.25, 0.3) is 0 Å². The van der Waals surface area contributed by atoms with E-state index in [0.717, 1.165) is 36.3 Å². The van der Waals surface area contributed by atoms with Crippen molar-refractivity contribution in [2.24, 2.45) is 0 Å². The molecule has 1 N–H and O–H groups in total. The van der Waals surface area contributed by atoms with Crippen LogP contribution in [0.1, 0.15) is 19.8 Å². The molecular weight excluding hydrogens is 228 g/mol. The molecule has 2 aromatic rings. The van der Waals surface area contributed by atoms with E-state index in [4.69, 9.17) is 4.74 Å². The van der Waals surface area contributed by atoms with Gasteiger partial charge in [0.1, 0.15) is 5.75 Å². The van der Waals surface area contributed by atoms with Crippen molar-refractivity contribution in [3.05, 3.63) is 47.1 Å². The molecule has 18 heavy (non-hydrogen) atoms. The van der Waals surface area contributed by atoms with Crippen LogP contribution in [0.2, 0.25) is 0 Å². The predicted molar refractivity (Wildman–Crippen MR) is 70.7 cm³/mol. The number of aromatic amines is 1. The van der Waals surface area contributed by atoms with Gasteiger partial charge in [-0.25, -0.2) is 9.78 Å². The van der Waals surface area contributed by atoms with Gasteiger partial charge in [0.15, 0.2) is 0 Å². The van der Waals surface area contributed by atoms with Gasteiger partial charge in [-0.3, -0.25) is 0 Å². The van der Waals surface area contributed by atoms with Gasteiger partial charge in [-0.05, 0) is 24.1 Å². The van der Waals surface area contributed by atoms with E-state index in [-0.39, 0.29) is 5.69 Å². The minimum Gasteiger partial charge on any atom is -0.494 e. The molecule has 1 aromatic heterocycles. The summed E-state index contributed by atoms with van der Waals surface area (Å²) in [5.74, 6) is 0.865. The number of nitrogens with zero attached hydrogens (tertiary/aromatic N) is 1. The number of aromatic nitrogens is 2. The zero-order chi connectivity index (χ0) is 12.8. The Morgan fingerprint density at radius 3 is 2.61 bits per heavy atom. The molecule has 0 amide bonds. The van der Waals surface area contributed by atoms with E-state index in [2.05, 4.69) is 16.9 Å². The number of nitrogens with one attached hydrogen (secondary N) is 1. The third-order valence-corrected chi connectivity index (χ3v) is 2.63. The van der Waals surface area contributed by atoms with E-state index in [0.29, 0.717) is 0 Å². The summed E-state index contributed by atoms with van der Waals surface area (Å²) in [5.41, 5.74) is 1.55. The van der Waals surface area contributed by atoms with E-state index in [1.165, 1.54) is 0 Å². The molecule has 1 aromatic carbocycles. The highest BCUT2D eigenvalue weighted by atomic mass is 16.5. The highest BCUT2D eigenvalue weighted by Crippen LogP contribution is 2.20. The fraction of sp³-hybridized carbons (Fsp3) is 0.286. The van der Waals surface area contributed by atoms with Gasteiger partial charge in [-0.1, -0.05) is 25.5 Å². The molecule has 0 unspecified atom stereocenters. The molecule has 0 bridgehead atoms. The van der Waals surface area contributed by atoms with Crippen LogP contribution in [0.4, 0.5) is 0 Å². The first kappa shape index (κ1) is 12.4. The van der Waals surface area contributed by atoms with Crippen LogP contribution in [0.3, 0.4) is 0 Å². The summed E-state index contributed by atoms with van der Waals surface area (Å²) in [6.07, 6.45) is 5.40. The van der Waals surface area contributed by atoms with E-state index in [9.17, 15) is 4.79 Å². The maximum atomic E-state index is 10.9. The van der Waals surface area contributed by atoms with Crippen molar-refractivity contribution >= 4 is 0 Å². The highest BCUT2D eigenvalue weighted by Gasteiger charge is 1.99. The van der Waals surface area contributed by atoms with Crippen molar-refractivity contribution in [3.8, 4) is 16.9 Å². The Morgan fingerprint density at radius 2 is 2.00 bits per heavy atom. The van der Waals surface area contributed by atoms with E-state index >= 15 is 0 Å². The average Bonchev–Trinajstić information content (AvgIpc) is 2.41. The summed E-state index contributed by atoms with van der Waals surface area (Å²) in [7, 11) is 0. The standard InChI is InChI=1S/C14H16N2O2/c1-2-3-8-18-13-6-4-11(5-7-13)12-9-15-14(17)16-10-12/h4-7,9-10H,2-3,8H2,1H3,(H,15,16,17). The molecule has 0 aliphatic carbocycles. The summed E-state index contributed by atoms with van der Waals surface area (Å²) >= 11 is 0. The van der Waals surface area contributed by atoms with Crippen LogP contribution in [-0.2, 0) is 0 Å². The van der Waals surface area contributed by atoms with E-state index < -0.39 is 0 Å². The number of ether oxygens (including phenoxy) is 1. The van der Waals surface area contributed by atoms with Crippen LogP contribution in [-0.4, -0.2) is 16.6 Å². The first-order chi connectivity index (χ1) is 8.79. The first-order valence-corrected chi connectivity index (χ1v) is 6.07. The molecule has 0 spiro atoms. The molecular formula is C14H16N2O2. The molecule has 1 heterocycles. The maximum absolute atomic E-state index is 10.9. The lowest BCUT2D eigenvalue weighted by Gasteiger charge is -2.06. The summed E-state index contributed by atoms with van der Waals surface area (Å²) in [6, 6.07) is 7.76. The largest absolute Gasteiger partial charge is 0.494 e. The fourth-order valence-electron chi connectivity index (χ4n) is 1.58. The lowest BCUT2D eigenvalue weighted by molar-refractivity contribution is 0.309. The van der Waals surface area contributed by atoms with Crippen LogP contribution in [0.5, 0.6) is 5.75 Å². The molecule has 0 atom stereocenters. The Balaban J connectivity index is 2.07. The molecule has 0 aliphatic heterocycles. The molecule has 4 heteroatoms. The van der Waals surface area contributed by atoms with Crippen LogP contribution in [0.25, 0.3) is 11.1 Å². The van der Waals surface area contributed by atoms with E-state index in [1.807, 2.05) is 24.3 Å². The van der Waals surface area contributed by atoms with Crippen LogP contribution >= 0.6 is 0 Å². The molecule has 0 aliphatic rings. The van der Waals surface area contributed by atoms with Gasteiger partial charge in [-0.15, -0.1) is 0 Å². The SMILES string of the molecule is CCCCOc1ccc(-c2cnc(=O)[nH]c2)cc1. The molecule has 0 fully saturated rings. The molecule has 2 rings (SSSR count). The zero-order valence-corrected chi connectivity index (χ0v) is 10.3. The van der Waals surface area contributed by atoms with Gasteiger partial charge in [0.2, 0.25) is 0 Å². The number of H-pyrrole nitrogens is 1. The molecule has 0 saturated heterocycles. The monoisotopic (exact) mass is 244 g/mol. The Hall–Kier alpha value is -2.10. The lowest BCUT2D eigenvalue weighted by Crippen LogP contribution is -2.07. The van der Waals surface area contributed by atoms with Crippen molar-refractivity contribution in [2.75, 3.05) is 6.61 Å². The number of hydrogen-bond acceptors (Lipinski definition) is 3. The van der Waals surface area contributed by atoms with E-state index in [1.54, 1.807) is 12.4 Å². The van der Waals surface area contributed by atoms with Gasteiger partial charge in [0, 0.05) is 18.0 Å². The Bertz CT molecular complexity index is 526. The highest BCUT2D eigenvalue weighted by molar-refractivity contribution is 5.62. The third kappa shape index (κ3) is 3.20. The maximum Gasteiger partial charge on any atom is 0.344 e. The first-order valence-electron chi connectivity index (χ1n) is 6.07. The molecule has 94 valence electrons. The second-order valence-electron chi connectivity index (χ2n) is 4.03. The van der Waals surface area contributed by atoms with Gasteiger partial charge < -0.3 is 9.72 Å². The summed E-state index contributed by atoms with van der Waals surface area (Å²) in [6.45, 7) is 2.88. The summed E-state index contributed by atoms with van der Waals surface area (Å²) < 4.78 is 5.58. The number of hydrogen-bond donors (Lipinski definition) is 1. The van der Waals surface area contributed by atoms with Crippen molar-refractivity contribution < 1.29 is 4.74 Å². The molecule has 0 radical (unpaired) electrons. The third-order valence-electron chi connectivity index (χ3n) is 2.63. The Morgan fingerprint density at radius 1 is 1.22 bits per heavy atom. The Kier molecular flexibility index (Phi) is 4.12. The second-order valence-corrected chi connectivity index (χ2v) is 4.03. The minimum atomic E-state index is -0.335. The summed E-state index contributed by atoms with van der Waals surface area (Å²) in [5, 5.41) is 0. The van der Waals surface area contributed by atoms with Gasteiger partial charge in [-0.2, -0.15) is 0 Å². The van der Waals surface area contributed by atoms with Crippen LogP contribution < -0.4 is 10.4 Å². The predicted octanol–water partition coefficient (Wildman–Crippen LogP) is 2.62. The number of rotatable bonds is 5. The quantitative estimate of drug-likeness (QED) is 0.822. The van der Waals surface area contributed by atoms with Crippen LogP contribution in [0.15, 0.2) is 41.5 Å². The van der Waals surface area contributed by atoms with Crippen molar-refractivity contribution in [1.29, 1.82) is 0 Å². The molecule has 0 saturated carbocycles. The number of unbranched alkanes of at least 4 members (excludes halogenated alkanes) is 1. The topological polar surface area (TPSA) is 55.0 Å². The van der Waals surface area contributed by atoms with Crippen molar-refractivity contribution in [2.45, 2.75) is 19.8 Å².